The second-order valence-corrected chi connectivity index (χ2v) is 5.53. The van der Waals surface area contributed by atoms with Crippen LogP contribution < -0.4 is 14.8 Å². The molecule has 0 spiro atoms. The number of nitrogens with one attached hydrogen (secondary N) is 1. The molecular weight excluding hydrogens is 317 g/mol. The highest BCUT2D eigenvalue weighted by atomic mass is 32.1. The number of halogens is 3. The topological polar surface area (TPSA) is 43.4 Å². The number of methoxy groups -OCH3 is 2. The van der Waals surface area contributed by atoms with Gasteiger partial charge < -0.3 is 14.8 Å². The Balaban J connectivity index is 2.21. The second-order valence-electron chi connectivity index (χ2n) is 4.50. The van der Waals surface area contributed by atoms with Crippen molar-refractivity contribution in [3.63, 3.8) is 0 Å². The molecule has 0 aliphatic heterocycles. The maximum atomic E-state index is 12.6. The van der Waals surface area contributed by atoms with Gasteiger partial charge >= 0.3 is 6.18 Å². The minimum Gasteiger partial charge on any atom is -0.497 e. The van der Waals surface area contributed by atoms with E-state index in [0.29, 0.717) is 22.8 Å². The van der Waals surface area contributed by atoms with E-state index in [0.717, 1.165) is 11.8 Å². The average Bonchev–Trinajstić information content (AvgIpc) is 2.95. The van der Waals surface area contributed by atoms with E-state index in [4.69, 9.17) is 9.47 Å². The summed E-state index contributed by atoms with van der Waals surface area (Å²) in [5.74, 6) is 1.26. The van der Waals surface area contributed by atoms with Crippen LogP contribution in [0.25, 0.3) is 0 Å². The highest BCUT2D eigenvalue weighted by molar-refractivity contribution is 7.15. The molecule has 2 rings (SSSR count). The molecule has 22 heavy (non-hydrogen) atoms. The number of alkyl halides is 3. The van der Waals surface area contributed by atoms with Crippen LogP contribution in [-0.4, -0.2) is 19.2 Å². The van der Waals surface area contributed by atoms with E-state index in [2.05, 4.69) is 10.3 Å². The molecule has 4 nitrogen and oxygen atoms in total. The quantitative estimate of drug-likeness (QED) is 0.884. The van der Waals surface area contributed by atoms with Gasteiger partial charge in [-0.15, -0.1) is 0 Å². The van der Waals surface area contributed by atoms with Gasteiger partial charge in [-0.3, -0.25) is 0 Å². The van der Waals surface area contributed by atoms with Crippen LogP contribution in [0.5, 0.6) is 11.5 Å². The Morgan fingerprint density at radius 2 is 1.95 bits per heavy atom. The predicted molar refractivity (Wildman–Crippen MR) is 78.7 cm³/mol. The fourth-order valence-corrected chi connectivity index (χ4v) is 2.68. The summed E-state index contributed by atoms with van der Waals surface area (Å²) in [5, 5.41) is 3.15. The molecular formula is C14H15F3N2O2S. The Bertz CT molecular complexity index is 643. The summed E-state index contributed by atoms with van der Waals surface area (Å²) in [5.41, 5.74) is 0.769. The van der Waals surface area contributed by atoms with Gasteiger partial charge in [0.15, 0.2) is 5.13 Å². The molecule has 0 amide bonds. The van der Waals surface area contributed by atoms with Crippen molar-refractivity contribution in [2.24, 2.45) is 0 Å². The van der Waals surface area contributed by atoms with Crippen LogP contribution >= 0.6 is 11.3 Å². The van der Waals surface area contributed by atoms with Gasteiger partial charge in [0, 0.05) is 5.56 Å². The maximum Gasteiger partial charge on any atom is 0.427 e. The smallest absolute Gasteiger partial charge is 0.427 e. The molecule has 0 aliphatic rings. The molecule has 120 valence electrons. The van der Waals surface area contributed by atoms with Crippen molar-refractivity contribution in [1.82, 2.24) is 4.98 Å². The van der Waals surface area contributed by atoms with E-state index in [1.165, 1.54) is 7.11 Å². The Labute approximate surface area is 129 Å². The van der Waals surface area contributed by atoms with Crippen molar-refractivity contribution in [1.29, 1.82) is 0 Å². The third kappa shape index (κ3) is 3.62. The number of nitrogens with zero attached hydrogens (tertiary/aromatic N) is 1. The first kappa shape index (κ1) is 16.4. The zero-order valence-electron chi connectivity index (χ0n) is 12.2. The normalized spacial score (nSPS) is 12.8. The van der Waals surface area contributed by atoms with Gasteiger partial charge in [-0.05, 0) is 25.1 Å². The first-order chi connectivity index (χ1) is 10.3. The molecule has 0 fully saturated rings. The second kappa shape index (κ2) is 6.43. The van der Waals surface area contributed by atoms with Crippen LogP contribution in [0.2, 0.25) is 0 Å². The van der Waals surface area contributed by atoms with Gasteiger partial charge in [-0.25, -0.2) is 4.98 Å². The molecule has 0 bridgehead atoms. The Kier molecular flexibility index (Phi) is 4.80. The number of aromatic nitrogens is 1. The van der Waals surface area contributed by atoms with Crippen LogP contribution in [0, 0.1) is 0 Å². The van der Waals surface area contributed by atoms with Crippen LogP contribution in [0.1, 0.15) is 23.4 Å². The highest BCUT2D eigenvalue weighted by Crippen LogP contribution is 2.37. The lowest BCUT2D eigenvalue weighted by Crippen LogP contribution is -2.08. The van der Waals surface area contributed by atoms with Gasteiger partial charge in [0.05, 0.1) is 26.5 Å². The summed E-state index contributed by atoms with van der Waals surface area (Å²) in [6.07, 6.45) is -3.56. The Morgan fingerprint density at radius 3 is 2.50 bits per heavy atom. The fourth-order valence-electron chi connectivity index (χ4n) is 1.91. The first-order valence-corrected chi connectivity index (χ1v) is 7.18. The van der Waals surface area contributed by atoms with E-state index >= 15 is 0 Å². The summed E-state index contributed by atoms with van der Waals surface area (Å²) < 4.78 is 48.2. The summed E-state index contributed by atoms with van der Waals surface area (Å²) in [6, 6.07) is 4.97. The van der Waals surface area contributed by atoms with E-state index < -0.39 is 11.1 Å². The highest BCUT2D eigenvalue weighted by Gasteiger charge is 2.33. The fraction of sp³-hybridized carbons (Fsp3) is 0.357. The molecule has 0 saturated heterocycles. The van der Waals surface area contributed by atoms with Crippen LogP contribution in [-0.2, 0) is 6.18 Å². The van der Waals surface area contributed by atoms with Crippen molar-refractivity contribution >= 4 is 16.5 Å². The number of rotatable bonds is 5. The monoisotopic (exact) mass is 332 g/mol. The largest absolute Gasteiger partial charge is 0.497 e. The molecule has 1 N–H and O–H groups in total. The number of benzene rings is 1. The number of hydrogen-bond acceptors (Lipinski definition) is 5. The van der Waals surface area contributed by atoms with Crippen LogP contribution in [0.15, 0.2) is 24.4 Å². The minimum atomic E-state index is -4.38. The molecule has 1 aromatic heterocycles. The number of thiazole rings is 1. The third-order valence-corrected chi connectivity index (χ3v) is 4.00. The lowest BCUT2D eigenvalue weighted by molar-refractivity contribution is -0.134. The van der Waals surface area contributed by atoms with Crippen LogP contribution in [0.4, 0.5) is 18.3 Å². The molecule has 0 saturated carbocycles. The molecule has 1 unspecified atom stereocenters. The van der Waals surface area contributed by atoms with E-state index in [1.54, 1.807) is 25.3 Å². The standard InChI is InChI=1S/C14H15F3N2O2S/c1-8(10-6-9(20-2)4-5-11(10)21-3)19-13-18-7-12(22-13)14(15,16)17/h4-8H,1-3H3,(H,18,19). The average molecular weight is 332 g/mol. The number of anilines is 1. The Hall–Kier alpha value is -1.96. The molecule has 8 heteroatoms. The van der Waals surface area contributed by atoms with Gasteiger partial charge in [-0.1, -0.05) is 11.3 Å². The molecule has 0 aliphatic carbocycles. The zero-order chi connectivity index (χ0) is 16.3. The van der Waals surface area contributed by atoms with Crippen molar-refractivity contribution in [2.75, 3.05) is 19.5 Å². The zero-order valence-corrected chi connectivity index (χ0v) is 13.0. The molecule has 1 atom stereocenters. The van der Waals surface area contributed by atoms with Crippen molar-refractivity contribution in [2.45, 2.75) is 19.1 Å². The maximum absolute atomic E-state index is 12.6. The number of ether oxygens (including phenoxy) is 2. The summed E-state index contributed by atoms with van der Waals surface area (Å²) in [6.45, 7) is 1.81. The van der Waals surface area contributed by atoms with Crippen molar-refractivity contribution in [3.8, 4) is 11.5 Å². The predicted octanol–water partition coefficient (Wildman–Crippen LogP) is 4.35. The van der Waals surface area contributed by atoms with E-state index in [1.807, 2.05) is 6.92 Å². The Morgan fingerprint density at radius 1 is 1.23 bits per heavy atom. The molecule has 1 aromatic carbocycles. The first-order valence-electron chi connectivity index (χ1n) is 6.36. The lowest BCUT2D eigenvalue weighted by atomic mass is 10.1. The van der Waals surface area contributed by atoms with E-state index in [-0.39, 0.29) is 11.2 Å². The molecule has 1 heterocycles. The SMILES string of the molecule is COc1ccc(OC)c(C(C)Nc2ncc(C(F)(F)F)s2)c1. The van der Waals surface area contributed by atoms with Gasteiger partial charge in [0.25, 0.3) is 0 Å². The van der Waals surface area contributed by atoms with E-state index in [9.17, 15) is 13.2 Å². The summed E-state index contributed by atoms with van der Waals surface area (Å²) in [4.78, 5) is 3.03. The third-order valence-electron chi connectivity index (χ3n) is 3.03. The van der Waals surface area contributed by atoms with Crippen molar-refractivity contribution in [3.05, 3.63) is 34.8 Å². The van der Waals surface area contributed by atoms with Gasteiger partial charge in [0.2, 0.25) is 0 Å². The lowest BCUT2D eigenvalue weighted by Gasteiger charge is -2.17. The number of hydrogen-bond donors (Lipinski definition) is 1. The summed E-state index contributed by atoms with van der Waals surface area (Å²) in [7, 11) is 3.07. The van der Waals surface area contributed by atoms with Gasteiger partial charge in [0.1, 0.15) is 16.4 Å². The van der Waals surface area contributed by atoms with Crippen LogP contribution in [0.3, 0.4) is 0 Å². The van der Waals surface area contributed by atoms with Crippen molar-refractivity contribution < 1.29 is 22.6 Å². The molecule has 2 aromatic rings. The molecule has 0 radical (unpaired) electrons. The summed E-state index contributed by atoms with van der Waals surface area (Å²) >= 11 is 0.567. The van der Waals surface area contributed by atoms with Gasteiger partial charge in [-0.2, -0.15) is 13.2 Å². The minimum absolute atomic E-state index is 0.199.